The van der Waals surface area contributed by atoms with Gasteiger partial charge in [-0.25, -0.2) is 0 Å². The van der Waals surface area contributed by atoms with E-state index in [1.807, 2.05) is 200 Å². The molecule has 0 aliphatic carbocycles. The molecule has 17 aromatic carbocycles. The van der Waals surface area contributed by atoms with E-state index >= 15 is 0 Å². The van der Waals surface area contributed by atoms with Crippen molar-refractivity contribution < 1.29 is 60.0 Å². The van der Waals surface area contributed by atoms with Gasteiger partial charge < -0.3 is 28.5 Å². The van der Waals surface area contributed by atoms with E-state index in [1.165, 1.54) is 116 Å². The summed E-state index contributed by atoms with van der Waals surface area (Å²) in [6.07, 6.45) is 2.61. The van der Waals surface area contributed by atoms with Crippen molar-refractivity contribution in [1.29, 1.82) is 0 Å². The summed E-state index contributed by atoms with van der Waals surface area (Å²) in [6.45, 7) is 0.799. The molecule has 2 radical (unpaired) electrons. The van der Waals surface area contributed by atoms with Crippen LogP contribution in [0.2, 0.25) is 0 Å². The second kappa shape index (κ2) is 37.6. The number of pyridine rings is 2. The summed E-state index contributed by atoms with van der Waals surface area (Å²) in [4.78, 5) is 35.5. The second-order valence-electron chi connectivity index (χ2n) is 32.2. The molecular weight excluding hydrogens is 1950 g/mol. The molecule has 6 aromatic heterocycles. The first-order chi connectivity index (χ1) is 62.8. The Bertz CT molecular complexity index is 8110. The number of benzene rings is 17. The summed E-state index contributed by atoms with van der Waals surface area (Å²) in [5.74, 6) is -0.600. The largest absolute Gasteiger partial charge is 0.507 e. The number of aliphatic hydroxyl groups is 2. The molecule has 0 bridgehead atoms. The number of allylic oxidation sites excluding steroid dienone is 2. The summed E-state index contributed by atoms with van der Waals surface area (Å²) < 4.78 is 9.03. The quantitative estimate of drug-likeness (QED) is 0.0484. The van der Waals surface area contributed by atoms with Crippen molar-refractivity contribution in [1.82, 2.24) is 28.2 Å². The molecule has 0 spiro atoms. The summed E-state index contributed by atoms with van der Waals surface area (Å²) in [5.41, 5.74) is 27.7. The molecule has 6 heterocycles. The Kier molecular flexibility index (Phi) is 24.6. The van der Waals surface area contributed by atoms with Crippen molar-refractivity contribution in [3.8, 4) is 67.0 Å². The van der Waals surface area contributed by atoms with Crippen molar-refractivity contribution in [2.24, 2.45) is 21.1 Å². The number of carbonyl (C=O) groups excluding carboxylic acids is 2. The Labute approximate surface area is 779 Å². The molecule has 0 saturated heterocycles. The number of aromatic nitrogens is 6. The monoisotopic (exact) mass is 2030 g/mol. The second-order valence-corrected chi connectivity index (χ2v) is 32.2. The predicted octanol–water partition coefficient (Wildman–Crippen LogP) is 29.1. The molecule has 130 heavy (non-hydrogen) atoms. The van der Waals surface area contributed by atoms with Gasteiger partial charge in [-0.2, -0.15) is 0 Å². The molecule has 0 aliphatic rings. The first kappa shape index (κ1) is 85.3. The van der Waals surface area contributed by atoms with Crippen molar-refractivity contribution in [3.63, 3.8) is 0 Å². The van der Waals surface area contributed by atoms with Crippen LogP contribution in [0.25, 0.3) is 188 Å². The van der Waals surface area contributed by atoms with E-state index in [4.69, 9.17) is 0 Å². The third kappa shape index (κ3) is 17.3. The van der Waals surface area contributed by atoms with Crippen molar-refractivity contribution >= 4 is 132 Å². The normalized spacial score (nSPS) is 11.5. The van der Waals surface area contributed by atoms with Gasteiger partial charge >= 0.3 is 0 Å². The number of hydrogen-bond donors (Lipinski definition) is 2. The first-order valence-corrected chi connectivity index (χ1v) is 42.8. The molecule has 0 saturated carbocycles. The molecule has 10 nitrogen and oxygen atoms in total. The third-order valence-electron chi connectivity index (χ3n) is 24.4. The molecule has 12 heteroatoms. The maximum absolute atomic E-state index is 13.2. The Hall–Kier alpha value is -15.5. The minimum Gasteiger partial charge on any atom is -0.507 e. The Morgan fingerprint density at radius 3 is 0.931 bits per heavy atom. The minimum absolute atomic E-state index is 0. The number of rotatable bonds is 14. The van der Waals surface area contributed by atoms with Gasteiger partial charge in [-0.05, 0) is 157 Å². The van der Waals surface area contributed by atoms with E-state index < -0.39 is 0 Å². The maximum atomic E-state index is 13.2. The molecule has 630 valence electrons. The SMILES string of the molecule is Cn1c2ccccc2c2cc(-c3ccc(C(=O)C=C(O)c4ccc(-c5ccc6c(c5)c5ccccc5n6C)cc4)cc3)ccc21.Cn1c2ccccc2c2cc(-c3ccc(C(O)=CC(=O)c4ccc(-c5ccc6c(c5)c5ccccc5n6Cc5ccccc5)cc4)cc3)ccc21.[Ir].[Ir].[c-]1ccccc1-c1ccc2ccccc2n1.[c-]1ccccc1-c1ccc2ccccc2n1. The molecule has 0 atom stereocenters. The summed E-state index contributed by atoms with van der Waals surface area (Å²) in [5, 5.41) is 33.8. The van der Waals surface area contributed by atoms with Gasteiger partial charge in [0.05, 0.1) is 11.0 Å². The number of aryl methyl sites for hydroxylation is 3. The Morgan fingerprint density at radius 1 is 0.277 bits per heavy atom. The number of nitrogens with zero attached hydrogens (tertiary/aromatic N) is 6. The van der Waals surface area contributed by atoms with Crippen LogP contribution in [0.1, 0.15) is 37.4 Å². The Balaban J connectivity index is 0.000000130. The zero-order chi connectivity index (χ0) is 86.7. The summed E-state index contributed by atoms with van der Waals surface area (Å²) in [7, 11) is 6.28. The van der Waals surface area contributed by atoms with Crippen LogP contribution in [-0.4, -0.2) is 50.0 Å². The van der Waals surface area contributed by atoms with Gasteiger partial charge in [0.15, 0.2) is 11.6 Å². The van der Waals surface area contributed by atoms with Crippen molar-refractivity contribution in [3.05, 3.63) is 471 Å². The Morgan fingerprint density at radius 2 is 0.562 bits per heavy atom. The molecule has 23 rings (SSSR count). The summed E-state index contributed by atoms with van der Waals surface area (Å²) in [6, 6.07) is 148. The average molecular weight is 2030 g/mol. The van der Waals surface area contributed by atoms with E-state index in [2.05, 4.69) is 280 Å². The fourth-order valence-corrected chi connectivity index (χ4v) is 17.7. The summed E-state index contributed by atoms with van der Waals surface area (Å²) >= 11 is 0. The first-order valence-electron chi connectivity index (χ1n) is 42.8. The average Bonchev–Trinajstić information content (AvgIpc) is 1.65. The third-order valence-corrected chi connectivity index (χ3v) is 24.4. The van der Waals surface area contributed by atoms with Crippen molar-refractivity contribution in [2.75, 3.05) is 0 Å². The van der Waals surface area contributed by atoms with E-state index in [-0.39, 0.29) is 63.3 Å². The van der Waals surface area contributed by atoms with Crippen LogP contribution < -0.4 is 0 Å². The maximum Gasteiger partial charge on any atom is 0.189 e. The number of para-hydroxylation sites is 6. The molecule has 0 aliphatic heterocycles. The van der Waals surface area contributed by atoms with E-state index in [0.29, 0.717) is 22.3 Å². The fourth-order valence-electron chi connectivity index (χ4n) is 17.7. The topological polar surface area (TPSA) is 120 Å². The predicted molar refractivity (Wildman–Crippen MR) is 530 cm³/mol. The molecule has 0 amide bonds. The standard InChI is InChI=1S/C47H34N2O2.C41H30N2O2.2C15H10N.2Ir/c1-48-42-13-7-5-11-38(42)40-27-36(23-25-43(40)48)32-15-19-34(20-16-32)46(50)29-47(51)35-21-17-33(18-22-35)37-24-26-45-41(28-37)39-12-6-8-14-44(39)49(45)30-31-9-3-2-4-10-31;1-42-36-9-5-3-7-32(36)34-23-30(19-21-38(34)42)26-11-15-28(16-12-26)40(44)25-41(45)29-17-13-27(14-18-29)31-20-22-39-35(24-31)33-8-4-6-10-37(33)43(39)2;2*1-2-6-12(7-3-1)15-11-10-13-8-4-5-9-14(13)16-15;;/h2-29,50H,30H2,1H3;3-25,44H,1-2H3;2*1-6,8-11H;;/q;;2*-1;;. The number of carbonyl (C=O) groups is 2. The van der Waals surface area contributed by atoms with Crippen LogP contribution in [0.3, 0.4) is 0 Å². The fraction of sp³-hybridized carbons (Fsp3) is 0.0339. The van der Waals surface area contributed by atoms with Gasteiger partial charge in [-0.3, -0.25) is 19.6 Å². The molecule has 0 fully saturated rings. The van der Waals surface area contributed by atoms with Crippen LogP contribution in [0.5, 0.6) is 0 Å². The van der Waals surface area contributed by atoms with Crippen LogP contribution in [0.4, 0.5) is 0 Å². The molecule has 23 aromatic rings. The number of aliphatic hydroxyl groups excluding tert-OH is 2. The molecular formula is C118H84Ir2N6O4-2. The van der Waals surface area contributed by atoms with Gasteiger partial charge in [-0.1, -0.05) is 285 Å². The van der Waals surface area contributed by atoms with Crippen LogP contribution >= 0.6 is 0 Å². The van der Waals surface area contributed by atoms with Gasteiger partial charge in [0.1, 0.15) is 11.5 Å². The van der Waals surface area contributed by atoms with E-state index in [1.54, 1.807) is 0 Å². The van der Waals surface area contributed by atoms with Crippen LogP contribution in [0.15, 0.2) is 431 Å². The van der Waals surface area contributed by atoms with Crippen molar-refractivity contribution in [2.45, 2.75) is 6.54 Å². The van der Waals surface area contributed by atoms with Gasteiger partial charge in [0, 0.05) is 190 Å². The zero-order valence-electron chi connectivity index (χ0n) is 71.3. The van der Waals surface area contributed by atoms with Gasteiger partial charge in [-0.15, -0.1) is 71.8 Å². The molecule has 0 unspecified atom stereocenters. The van der Waals surface area contributed by atoms with Gasteiger partial charge in [0.2, 0.25) is 0 Å². The minimum atomic E-state index is -0.246. The van der Waals surface area contributed by atoms with Crippen LogP contribution in [0, 0.1) is 12.1 Å². The zero-order valence-corrected chi connectivity index (χ0v) is 76.1. The number of ketones is 2. The van der Waals surface area contributed by atoms with Gasteiger partial charge in [0.25, 0.3) is 0 Å². The molecule has 2 N–H and O–H groups in total. The van der Waals surface area contributed by atoms with E-state index in [0.717, 1.165) is 84.6 Å². The number of fused-ring (bicyclic) bond motifs is 14. The van der Waals surface area contributed by atoms with Crippen LogP contribution in [-0.2, 0) is 67.9 Å². The number of hydrogen-bond acceptors (Lipinski definition) is 6. The smallest absolute Gasteiger partial charge is 0.189 e. The van der Waals surface area contributed by atoms with E-state index in [9.17, 15) is 19.8 Å².